The van der Waals surface area contributed by atoms with Crippen molar-refractivity contribution in [3.63, 3.8) is 0 Å². The van der Waals surface area contributed by atoms with E-state index in [9.17, 15) is 14.9 Å². The number of nitro groups is 1. The van der Waals surface area contributed by atoms with Crippen LogP contribution in [0.25, 0.3) is 0 Å². The highest BCUT2D eigenvalue weighted by molar-refractivity contribution is 5.81. The summed E-state index contributed by atoms with van der Waals surface area (Å²) < 4.78 is 5.33. The van der Waals surface area contributed by atoms with Gasteiger partial charge in [-0.05, 0) is 17.7 Å². The van der Waals surface area contributed by atoms with Crippen LogP contribution in [0.2, 0.25) is 0 Å². The minimum absolute atomic E-state index is 0.0448. The molecule has 5 heteroatoms. The summed E-state index contributed by atoms with van der Waals surface area (Å²) in [6, 6.07) is 11.8. The molecule has 1 heterocycles. The van der Waals surface area contributed by atoms with Crippen molar-refractivity contribution in [1.29, 1.82) is 0 Å². The average Bonchev–Trinajstić information content (AvgIpc) is 3.01. The predicted molar refractivity (Wildman–Crippen MR) is 75.7 cm³/mol. The van der Waals surface area contributed by atoms with Gasteiger partial charge in [-0.2, -0.15) is 0 Å². The first kappa shape index (κ1) is 13.5. The molecule has 0 spiro atoms. The molecule has 0 aliphatic heterocycles. The zero-order valence-electron chi connectivity index (χ0n) is 11.3. The summed E-state index contributed by atoms with van der Waals surface area (Å²) in [5.41, 5.74) is 0.837. The summed E-state index contributed by atoms with van der Waals surface area (Å²) in [5.74, 6) is -0.340. The van der Waals surface area contributed by atoms with Crippen LogP contribution in [0.5, 0.6) is 0 Å². The Bertz CT molecular complexity index is 636. The maximum atomic E-state index is 12.1. The summed E-state index contributed by atoms with van der Waals surface area (Å²) in [6.07, 6.45) is 1.87. The quantitative estimate of drug-likeness (QED) is 0.641. The van der Waals surface area contributed by atoms with Gasteiger partial charge in [0.1, 0.15) is 11.5 Å². The molecule has 2 aromatic rings. The van der Waals surface area contributed by atoms with Gasteiger partial charge in [-0.15, -0.1) is 0 Å². The molecule has 0 amide bonds. The number of hydrogen-bond acceptors (Lipinski definition) is 4. The lowest BCUT2D eigenvalue weighted by atomic mass is 9.72. The molecule has 0 saturated heterocycles. The molecule has 21 heavy (non-hydrogen) atoms. The van der Waals surface area contributed by atoms with Crippen LogP contribution in [0.15, 0.2) is 53.1 Å². The summed E-state index contributed by atoms with van der Waals surface area (Å²) >= 11 is 0. The Morgan fingerprint density at radius 1 is 1.05 bits per heavy atom. The maximum absolute atomic E-state index is 12.1. The SMILES string of the molecule is O=C1C[C@H](c2ccccc2)[C@@H]([N+](=O)[O-])[C@H](c2ccco2)C1. The molecule has 1 fully saturated rings. The first-order valence-electron chi connectivity index (χ1n) is 6.90. The van der Waals surface area contributed by atoms with E-state index >= 15 is 0 Å². The number of ketones is 1. The molecule has 1 saturated carbocycles. The number of carbonyl (C=O) groups excluding carboxylic acids is 1. The summed E-state index contributed by atoms with van der Waals surface area (Å²) in [4.78, 5) is 23.4. The lowest BCUT2D eigenvalue weighted by molar-refractivity contribution is -0.532. The molecular formula is C16H15NO4. The van der Waals surface area contributed by atoms with Crippen LogP contribution in [0.4, 0.5) is 0 Å². The van der Waals surface area contributed by atoms with Gasteiger partial charge in [-0.3, -0.25) is 14.9 Å². The third kappa shape index (κ3) is 2.59. The predicted octanol–water partition coefficient (Wildman–Crippen LogP) is 3.16. The second-order valence-corrected chi connectivity index (χ2v) is 5.36. The summed E-state index contributed by atoms with van der Waals surface area (Å²) in [5, 5.41) is 11.6. The Morgan fingerprint density at radius 2 is 1.76 bits per heavy atom. The van der Waals surface area contributed by atoms with Gasteiger partial charge in [0, 0.05) is 17.8 Å². The van der Waals surface area contributed by atoms with E-state index in [0.29, 0.717) is 5.76 Å². The van der Waals surface area contributed by atoms with Gasteiger partial charge in [0.15, 0.2) is 0 Å². The second-order valence-electron chi connectivity index (χ2n) is 5.36. The van der Waals surface area contributed by atoms with Crippen LogP contribution in [0, 0.1) is 10.1 Å². The summed E-state index contributed by atoms with van der Waals surface area (Å²) in [6.45, 7) is 0. The van der Waals surface area contributed by atoms with Crippen LogP contribution in [0.3, 0.4) is 0 Å². The van der Waals surface area contributed by atoms with Gasteiger partial charge >= 0.3 is 0 Å². The van der Waals surface area contributed by atoms with E-state index in [4.69, 9.17) is 4.42 Å². The van der Waals surface area contributed by atoms with Gasteiger partial charge in [-0.1, -0.05) is 30.3 Å². The molecule has 1 aliphatic rings. The van der Waals surface area contributed by atoms with E-state index in [1.54, 1.807) is 12.1 Å². The fraction of sp³-hybridized carbons (Fsp3) is 0.312. The highest BCUT2D eigenvalue weighted by Crippen LogP contribution is 2.41. The topological polar surface area (TPSA) is 73.3 Å². The van der Waals surface area contributed by atoms with Crippen molar-refractivity contribution in [2.45, 2.75) is 30.7 Å². The number of hydrogen-bond donors (Lipinski definition) is 0. The Balaban J connectivity index is 2.02. The lowest BCUT2D eigenvalue weighted by Gasteiger charge is -2.30. The molecule has 0 unspecified atom stereocenters. The fourth-order valence-corrected chi connectivity index (χ4v) is 3.18. The van der Waals surface area contributed by atoms with E-state index in [-0.39, 0.29) is 23.5 Å². The second kappa shape index (κ2) is 5.52. The first-order chi connectivity index (χ1) is 10.2. The third-order valence-electron chi connectivity index (χ3n) is 4.10. The molecule has 3 rings (SSSR count). The number of rotatable bonds is 3. The number of carbonyl (C=O) groups is 1. The van der Waals surface area contributed by atoms with E-state index < -0.39 is 17.9 Å². The van der Waals surface area contributed by atoms with Crippen molar-refractivity contribution in [2.24, 2.45) is 0 Å². The monoisotopic (exact) mass is 285 g/mol. The van der Waals surface area contributed by atoms with Crippen molar-refractivity contribution < 1.29 is 14.1 Å². The Kier molecular flexibility index (Phi) is 3.56. The maximum Gasteiger partial charge on any atom is 0.230 e. The zero-order valence-corrected chi connectivity index (χ0v) is 11.3. The van der Waals surface area contributed by atoms with Gasteiger partial charge in [-0.25, -0.2) is 0 Å². The van der Waals surface area contributed by atoms with Gasteiger partial charge in [0.05, 0.1) is 18.1 Å². The molecule has 0 radical (unpaired) electrons. The van der Waals surface area contributed by atoms with Crippen LogP contribution >= 0.6 is 0 Å². The fourth-order valence-electron chi connectivity index (χ4n) is 3.18. The van der Waals surface area contributed by atoms with Gasteiger partial charge in [0.25, 0.3) is 0 Å². The van der Waals surface area contributed by atoms with Crippen molar-refractivity contribution in [3.8, 4) is 0 Å². The zero-order chi connectivity index (χ0) is 14.8. The standard InChI is InChI=1S/C16H15NO4/c18-12-9-13(11-5-2-1-3-6-11)16(17(19)20)14(10-12)15-7-4-8-21-15/h1-8,13-14,16H,9-10H2/t13-,14+,16-/m1/s1. The normalized spacial score (nSPS) is 25.7. The molecule has 5 nitrogen and oxygen atoms in total. The number of nitrogens with zero attached hydrogens (tertiary/aromatic N) is 1. The molecule has 0 bridgehead atoms. The smallest absolute Gasteiger partial charge is 0.230 e. The molecule has 1 aromatic carbocycles. The van der Waals surface area contributed by atoms with E-state index in [1.807, 2.05) is 30.3 Å². The minimum Gasteiger partial charge on any atom is -0.469 e. The Labute approximate surface area is 121 Å². The van der Waals surface area contributed by atoms with Gasteiger partial charge in [0.2, 0.25) is 6.04 Å². The average molecular weight is 285 g/mol. The molecule has 1 aromatic heterocycles. The molecule has 3 atom stereocenters. The van der Waals surface area contributed by atoms with Crippen molar-refractivity contribution in [2.75, 3.05) is 0 Å². The van der Waals surface area contributed by atoms with Crippen LogP contribution < -0.4 is 0 Å². The Morgan fingerprint density at radius 3 is 2.38 bits per heavy atom. The third-order valence-corrected chi connectivity index (χ3v) is 4.10. The van der Waals surface area contributed by atoms with E-state index in [2.05, 4.69) is 0 Å². The van der Waals surface area contributed by atoms with Crippen molar-refractivity contribution in [3.05, 3.63) is 70.2 Å². The van der Waals surface area contributed by atoms with Crippen LogP contribution in [-0.2, 0) is 4.79 Å². The highest BCUT2D eigenvalue weighted by Gasteiger charge is 2.47. The molecule has 108 valence electrons. The van der Waals surface area contributed by atoms with Crippen molar-refractivity contribution in [1.82, 2.24) is 0 Å². The lowest BCUT2D eigenvalue weighted by Crippen LogP contribution is -2.40. The van der Waals surface area contributed by atoms with E-state index in [0.717, 1.165) is 5.56 Å². The van der Waals surface area contributed by atoms with Gasteiger partial charge < -0.3 is 4.42 Å². The molecule has 0 N–H and O–H groups in total. The first-order valence-corrected chi connectivity index (χ1v) is 6.90. The molecule has 1 aliphatic carbocycles. The summed E-state index contributed by atoms with van der Waals surface area (Å²) in [7, 11) is 0. The number of benzene rings is 1. The number of Topliss-reactive ketones (excluding diaryl/α,β-unsaturated/α-hetero) is 1. The van der Waals surface area contributed by atoms with Crippen molar-refractivity contribution >= 4 is 5.78 Å². The highest BCUT2D eigenvalue weighted by atomic mass is 16.6. The minimum atomic E-state index is -0.837. The Hall–Kier alpha value is -2.43. The number of furan rings is 1. The van der Waals surface area contributed by atoms with Crippen LogP contribution in [0.1, 0.15) is 36.0 Å². The van der Waals surface area contributed by atoms with Crippen LogP contribution in [-0.4, -0.2) is 16.7 Å². The molecular weight excluding hydrogens is 270 g/mol. The van der Waals surface area contributed by atoms with E-state index in [1.165, 1.54) is 6.26 Å². The largest absolute Gasteiger partial charge is 0.469 e.